The van der Waals surface area contributed by atoms with Gasteiger partial charge in [0.1, 0.15) is 0 Å². The van der Waals surface area contributed by atoms with Crippen LogP contribution in [-0.4, -0.2) is 6.61 Å². The van der Waals surface area contributed by atoms with E-state index in [0.29, 0.717) is 12.0 Å². The van der Waals surface area contributed by atoms with Gasteiger partial charge in [-0.25, -0.2) is 0 Å². The fourth-order valence-electron chi connectivity index (χ4n) is 3.99. The first-order valence-electron chi connectivity index (χ1n) is 8.19. The van der Waals surface area contributed by atoms with E-state index >= 15 is 0 Å². The van der Waals surface area contributed by atoms with Crippen molar-refractivity contribution in [2.45, 2.75) is 39.3 Å². The van der Waals surface area contributed by atoms with Gasteiger partial charge in [0.2, 0.25) is 0 Å². The van der Waals surface area contributed by atoms with Gasteiger partial charge in [0.15, 0.2) is 0 Å². The van der Waals surface area contributed by atoms with Gasteiger partial charge in [-0.05, 0) is 44.4 Å². The van der Waals surface area contributed by atoms with Crippen molar-refractivity contribution in [2.24, 2.45) is 5.92 Å². The maximum atomic E-state index is 6.12. The van der Waals surface area contributed by atoms with Crippen LogP contribution in [0, 0.1) is 26.7 Å². The lowest BCUT2D eigenvalue weighted by molar-refractivity contribution is 0.0828. The molecule has 0 amide bonds. The minimum atomic E-state index is 0.237. The normalized spacial score (nSPS) is 26.2. The zero-order valence-electron chi connectivity index (χ0n) is 13.5. The molecule has 0 unspecified atom stereocenters. The van der Waals surface area contributed by atoms with Crippen molar-refractivity contribution in [1.29, 1.82) is 0 Å². The zero-order chi connectivity index (χ0) is 15.3. The van der Waals surface area contributed by atoms with Crippen LogP contribution >= 0.6 is 0 Å². The zero-order valence-corrected chi connectivity index (χ0v) is 13.5. The Labute approximate surface area is 132 Å². The molecular weight excluding hydrogens is 270 g/mol. The van der Waals surface area contributed by atoms with Crippen LogP contribution in [0.25, 0.3) is 0 Å². The van der Waals surface area contributed by atoms with Crippen LogP contribution in [0.4, 0.5) is 5.69 Å². The summed E-state index contributed by atoms with van der Waals surface area (Å²) >= 11 is 0. The fraction of sp³-hybridized carbons (Fsp3) is 0.400. The van der Waals surface area contributed by atoms with E-state index in [1.165, 1.54) is 33.5 Å². The van der Waals surface area contributed by atoms with Crippen LogP contribution < -0.4 is 5.32 Å². The standard InChI is InChI=1S/C20H23NO/c1-12-4-6-14(3)16(10-12)19-15-8-9-22-20(15)17-11-13(2)5-7-18(17)21-19/h4-7,10-11,15,19-21H,8-9H2,1-3H3/t15-,19-,20-/m0/s1. The highest BCUT2D eigenvalue weighted by atomic mass is 16.5. The van der Waals surface area contributed by atoms with Gasteiger partial charge >= 0.3 is 0 Å². The predicted octanol–water partition coefficient (Wildman–Crippen LogP) is 4.86. The number of aryl methyl sites for hydroxylation is 3. The number of rotatable bonds is 1. The Morgan fingerprint density at radius 3 is 2.50 bits per heavy atom. The molecule has 114 valence electrons. The van der Waals surface area contributed by atoms with E-state index in [-0.39, 0.29) is 6.10 Å². The minimum absolute atomic E-state index is 0.237. The van der Waals surface area contributed by atoms with E-state index < -0.39 is 0 Å². The van der Waals surface area contributed by atoms with E-state index in [2.05, 4.69) is 62.5 Å². The molecule has 1 N–H and O–H groups in total. The molecule has 0 saturated carbocycles. The fourth-order valence-corrected chi connectivity index (χ4v) is 3.99. The number of hydrogen-bond donors (Lipinski definition) is 1. The molecule has 2 aliphatic rings. The summed E-state index contributed by atoms with van der Waals surface area (Å²) in [5, 5.41) is 3.80. The Kier molecular flexibility index (Phi) is 3.23. The lowest BCUT2D eigenvalue weighted by Crippen LogP contribution is -2.29. The summed E-state index contributed by atoms with van der Waals surface area (Å²) in [7, 11) is 0. The summed E-state index contributed by atoms with van der Waals surface area (Å²) in [5.74, 6) is 0.523. The van der Waals surface area contributed by atoms with Gasteiger partial charge in [0, 0.05) is 23.8 Å². The first-order chi connectivity index (χ1) is 10.6. The number of benzene rings is 2. The van der Waals surface area contributed by atoms with E-state index in [1.807, 2.05) is 0 Å². The van der Waals surface area contributed by atoms with Gasteiger partial charge in [-0.2, -0.15) is 0 Å². The van der Waals surface area contributed by atoms with Gasteiger partial charge in [-0.15, -0.1) is 0 Å². The van der Waals surface area contributed by atoms with E-state index in [1.54, 1.807) is 0 Å². The lowest BCUT2D eigenvalue weighted by atomic mass is 9.79. The third-order valence-corrected chi connectivity index (χ3v) is 5.16. The Morgan fingerprint density at radius 1 is 0.955 bits per heavy atom. The molecule has 2 heterocycles. The van der Waals surface area contributed by atoms with Crippen LogP contribution in [0.2, 0.25) is 0 Å². The first-order valence-corrected chi connectivity index (χ1v) is 8.19. The van der Waals surface area contributed by atoms with Crippen molar-refractivity contribution in [3.8, 4) is 0 Å². The second-order valence-corrected chi connectivity index (χ2v) is 6.82. The molecule has 4 rings (SSSR count). The Balaban J connectivity index is 1.82. The molecule has 1 fully saturated rings. The van der Waals surface area contributed by atoms with Crippen molar-refractivity contribution >= 4 is 5.69 Å². The Bertz CT molecular complexity index is 722. The average molecular weight is 293 g/mol. The number of nitrogens with one attached hydrogen (secondary N) is 1. The Hall–Kier alpha value is -1.80. The van der Waals surface area contributed by atoms with E-state index in [4.69, 9.17) is 4.74 Å². The average Bonchev–Trinajstić information content (AvgIpc) is 2.99. The van der Waals surface area contributed by atoms with Gasteiger partial charge in [-0.3, -0.25) is 0 Å². The highest BCUT2D eigenvalue weighted by Crippen LogP contribution is 2.50. The van der Waals surface area contributed by atoms with E-state index in [0.717, 1.165) is 13.0 Å². The van der Waals surface area contributed by atoms with Crippen LogP contribution in [0.15, 0.2) is 36.4 Å². The molecule has 0 spiro atoms. The maximum absolute atomic E-state index is 6.12. The molecule has 2 heteroatoms. The number of anilines is 1. The number of ether oxygens (including phenoxy) is 1. The summed E-state index contributed by atoms with van der Waals surface area (Å²) in [4.78, 5) is 0. The first kappa shape index (κ1) is 13.8. The third-order valence-electron chi connectivity index (χ3n) is 5.16. The number of hydrogen-bond acceptors (Lipinski definition) is 2. The van der Waals surface area contributed by atoms with Gasteiger partial charge < -0.3 is 10.1 Å². The highest BCUT2D eigenvalue weighted by Gasteiger charge is 2.41. The second kappa shape index (κ2) is 5.13. The molecule has 0 radical (unpaired) electrons. The summed E-state index contributed by atoms with van der Waals surface area (Å²) in [6.07, 6.45) is 1.37. The molecule has 22 heavy (non-hydrogen) atoms. The topological polar surface area (TPSA) is 21.3 Å². The monoisotopic (exact) mass is 293 g/mol. The SMILES string of the molecule is Cc1ccc(C)c([C@H]2Nc3ccc(C)cc3[C@H]3OCC[C@@H]23)c1. The van der Waals surface area contributed by atoms with Crippen LogP contribution in [0.3, 0.4) is 0 Å². The largest absolute Gasteiger partial charge is 0.378 e. The van der Waals surface area contributed by atoms with Crippen LogP contribution in [0.5, 0.6) is 0 Å². The lowest BCUT2D eigenvalue weighted by Gasteiger charge is -2.37. The van der Waals surface area contributed by atoms with Crippen molar-refractivity contribution in [2.75, 3.05) is 11.9 Å². The molecule has 2 aliphatic heterocycles. The highest BCUT2D eigenvalue weighted by molar-refractivity contribution is 5.59. The van der Waals surface area contributed by atoms with Crippen LogP contribution in [-0.2, 0) is 4.74 Å². The molecule has 0 aliphatic carbocycles. The molecule has 2 aromatic carbocycles. The molecule has 0 aromatic heterocycles. The molecule has 1 saturated heterocycles. The molecule has 2 aromatic rings. The van der Waals surface area contributed by atoms with Crippen molar-refractivity contribution in [3.05, 3.63) is 64.2 Å². The van der Waals surface area contributed by atoms with E-state index in [9.17, 15) is 0 Å². The predicted molar refractivity (Wildman–Crippen MR) is 90.3 cm³/mol. The third kappa shape index (κ3) is 2.14. The molecule has 2 nitrogen and oxygen atoms in total. The quantitative estimate of drug-likeness (QED) is 0.811. The second-order valence-electron chi connectivity index (χ2n) is 6.82. The molecule has 0 bridgehead atoms. The maximum Gasteiger partial charge on any atom is 0.0896 e. The minimum Gasteiger partial charge on any atom is -0.378 e. The van der Waals surface area contributed by atoms with Crippen LogP contribution in [0.1, 0.15) is 46.4 Å². The number of fused-ring (bicyclic) bond motifs is 3. The van der Waals surface area contributed by atoms with Gasteiger partial charge in [-0.1, -0.05) is 41.5 Å². The van der Waals surface area contributed by atoms with Gasteiger partial charge in [0.25, 0.3) is 0 Å². The Morgan fingerprint density at radius 2 is 1.68 bits per heavy atom. The van der Waals surface area contributed by atoms with Crippen molar-refractivity contribution in [3.63, 3.8) is 0 Å². The molecule has 3 atom stereocenters. The van der Waals surface area contributed by atoms with Crippen molar-refractivity contribution in [1.82, 2.24) is 0 Å². The smallest absolute Gasteiger partial charge is 0.0896 e. The molecular formula is C20H23NO. The summed E-state index contributed by atoms with van der Waals surface area (Å²) in [5.41, 5.74) is 7.99. The van der Waals surface area contributed by atoms with Crippen molar-refractivity contribution < 1.29 is 4.74 Å². The summed E-state index contributed by atoms with van der Waals surface area (Å²) < 4.78 is 6.12. The summed E-state index contributed by atoms with van der Waals surface area (Å²) in [6, 6.07) is 13.8. The van der Waals surface area contributed by atoms with Gasteiger partial charge in [0.05, 0.1) is 12.1 Å². The summed E-state index contributed by atoms with van der Waals surface area (Å²) in [6.45, 7) is 7.41.